The summed E-state index contributed by atoms with van der Waals surface area (Å²) in [7, 11) is 0. The highest BCUT2D eigenvalue weighted by molar-refractivity contribution is 9.11. The van der Waals surface area contributed by atoms with Crippen molar-refractivity contribution in [1.29, 1.82) is 0 Å². The highest BCUT2D eigenvalue weighted by Crippen LogP contribution is 2.30. The summed E-state index contributed by atoms with van der Waals surface area (Å²) in [4.78, 5) is 14.6. The number of halogens is 1. The van der Waals surface area contributed by atoms with Crippen LogP contribution in [0.15, 0.2) is 15.9 Å². The van der Waals surface area contributed by atoms with Gasteiger partial charge in [-0.1, -0.05) is 6.42 Å². The number of thiophene rings is 1. The van der Waals surface area contributed by atoms with E-state index in [9.17, 15) is 9.90 Å². The van der Waals surface area contributed by atoms with Crippen LogP contribution in [0, 0.1) is 0 Å². The van der Waals surface area contributed by atoms with Crippen LogP contribution in [0.5, 0.6) is 0 Å². The van der Waals surface area contributed by atoms with Crippen LogP contribution in [0.4, 0.5) is 0 Å². The molecule has 1 aliphatic heterocycles. The summed E-state index contributed by atoms with van der Waals surface area (Å²) in [5.74, 6) is -1.10. The number of carbonyl (C=O) groups is 1. The van der Waals surface area contributed by atoms with E-state index in [1.54, 1.807) is 0 Å². The fourth-order valence-corrected chi connectivity index (χ4v) is 3.71. The van der Waals surface area contributed by atoms with Gasteiger partial charge < -0.3 is 10.0 Å². The van der Waals surface area contributed by atoms with Crippen LogP contribution in [0.3, 0.4) is 0 Å². The Morgan fingerprint density at radius 3 is 2.65 bits per heavy atom. The first-order valence-corrected chi connectivity index (χ1v) is 7.48. The predicted octanol–water partition coefficient (Wildman–Crippen LogP) is 3.16. The zero-order chi connectivity index (χ0) is 12.3. The van der Waals surface area contributed by atoms with Crippen molar-refractivity contribution in [2.75, 3.05) is 19.6 Å². The SMILES string of the molecule is O=C(O)C(CN1CCCCC1)c1ccc(Br)s1. The molecule has 5 heteroatoms. The Morgan fingerprint density at radius 2 is 2.12 bits per heavy atom. The molecule has 1 aliphatic rings. The van der Waals surface area contributed by atoms with Gasteiger partial charge in [-0.2, -0.15) is 0 Å². The van der Waals surface area contributed by atoms with Gasteiger partial charge in [0.25, 0.3) is 0 Å². The number of piperidine rings is 1. The minimum absolute atomic E-state index is 0.385. The molecule has 0 spiro atoms. The molecule has 1 aromatic heterocycles. The summed E-state index contributed by atoms with van der Waals surface area (Å²) in [6, 6.07) is 3.84. The van der Waals surface area contributed by atoms with Gasteiger partial charge in [-0.3, -0.25) is 4.79 Å². The Morgan fingerprint density at radius 1 is 1.41 bits per heavy atom. The molecule has 3 nitrogen and oxygen atoms in total. The van der Waals surface area contributed by atoms with Gasteiger partial charge in [0.05, 0.1) is 3.79 Å². The van der Waals surface area contributed by atoms with Crippen molar-refractivity contribution in [2.45, 2.75) is 25.2 Å². The number of nitrogens with zero attached hydrogens (tertiary/aromatic N) is 1. The zero-order valence-electron chi connectivity index (χ0n) is 9.56. The third kappa shape index (κ3) is 3.53. The number of hydrogen-bond acceptors (Lipinski definition) is 3. The Balaban J connectivity index is 2.04. The second-order valence-corrected chi connectivity index (χ2v) is 6.89. The highest BCUT2D eigenvalue weighted by atomic mass is 79.9. The molecule has 0 bridgehead atoms. The second kappa shape index (κ2) is 5.98. The molecular formula is C12H16BrNO2S. The van der Waals surface area contributed by atoms with E-state index in [2.05, 4.69) is 20.8 Å². The molecular weight excluding hydrogens is 302 g/mol. The molecule has 0 aliphatic carbocycles. The molecule has 94 valence electrons. The van der Waals surface area contributed by atoms with Crippen LogP contribution < -0.4 is 0 Å². The number of likely N-dealkylation sites (tertiary alicyclic amines) is 1. The van der Waals surface area contributed by atoms with Crippen molar-refractivity contribution in [1.82, 2.24) is 4.90 Å². The smallest absolute Gasteiger partial charge is 0.313 e. The number of rotatable bonds is 4. The van der Waals surface area contributed by atoms with E-state index in [4.69, 9.17) is 0 Å². The van der Waals surface area contributed by atoms with Crippen LogP contribution >= 0.6 is 27.3 Å². The molecule has 17 heavy (non-hydrogen) atoms. The molecule has 1 aromatic rings. The van der Waals surface area contributed by atoms with Gasteiger partial charge in [0.2, 0.25) is 0 Å². The molecule has 1 unspecified atom stereocenters. The van der Waals surface area contributed by atoms with Crippen LogP contribution in [0.25, 0.3) is 0 Å². The summed E-state index contributed by atoms with van der Waals surface area (Å²) in [6.45, 7) is 2.72. The topological polar surface area (TPSA) is 40.5 Å². The maximum atomic E-state index is 11.3. The number of carboxylic acids is 1. The van der Waals surface area contributed by atoms with Gasteiger partial charge >= 0.3 is 5.97 Å². The molecule has 1 atom stereocenters. The zero-order valence-corrected chi connectivity index (χ0v) is 12.0. The Kier molecular flexibility index (Phi) is 4.59. The number of hydrogen-bond donors (Lipinski definition) is 1. The third-order valence-electron chi connectivity index (χ3n) is 3.12. The van der Waals surface area contributed by atoms with Crippen molar-refractivity contribution in [3.05, 3.63) is 20.8 Å². The van der Waals surface area contributed by atoms with Gasteiger partial charge in [0.15, 0.2) is 0 Å². The van der Waals surface area contributed by atoms with Gasteiger partial charge in [-0.25, -0.2) is 0 Å². The van der Waals surface area contributed by atoms with Gasteiger partial charge in [-0.05, 0) is 54.0 Å². The van der Waals surface area contributed by atoms with Crippen molar-refractivity contribution < 1.29 is 9.90 Å². The largest absolute Gasteiger partial charge is 0.481 e. The lowest BCUT2D eigenvalue weighted by molar-refractivity contribution is -0.139. The fraction of sp³-hybridized carbons (Fsp3) is 0.583. The maximum Gasteiger partial charge on any atom is 0.313 e. The molecule has 1 N–H and O–H groups in total. The monoisotopic (exact) mass is 317 g/mol. The van der Waals surface area contributed by atoms with Gasteiger partial charge in [0, 0.05) is 11.4 Å². The Labute approximate surface area is 114 Å². The quantitative estimate of drug-likeness (QED) is 0.927. The summed E-state index contributed by atoms with van der Waals surface area (Å²) >= 11 is 4.91. The maximum absolute atomic E-state index is 11.3. The van der Waals surface area contributed by atoms with Crippen molar-refractivity contribution in [3.8, 4) is 0 Å². The van der Waals surface area contributed by atoms with Crippen molar-refractivity contribution in [3.63, 3.8) is 0 Å². The highest BCUT2D eigenvalue weighted by Gasteiger charge is 2.25. The second-order valence-electron chi connectivity index (χ2n) is 4.39. The molecule has 0 aromatic carbocycles. The molecule has 2 heterocycles. The third-order valence-corrected chi connectivity index (χ3v) is 4.86. The Bertz CT molecular complexity index is 388. The lowest BCUT2D eigenvalue weighted by Gasteiger charge is -2.28. The molecule has 0 radical (unpaired) electrons. The Hall–Kier alpha value is -0.390. The molecule has 1 fully saturated rings. The normalized spacial score (nSPS) is 19.1. The lowest BCUT2D eigenvalue weighted by Crippen LogP contribution is -2.35. The summed E-state index contributed by atoms with van der Waals surface area (Å²) in [6.07, 6.45) is 3.67. The van der Waals surface area contributed by atoms with Crippen LogP contribution in [-0.2, 0) is 4.79 Å². The lowest BCUT2D eigenvalue weighted by atomic mass is 10.0. The minimum atomic E-state index is -0.718. The van der Waals surface area contributed by atoms with E-state index in [0.29, 0.717) is 6.54 Å². The van der Waals surface area contributed by atoms with Gasteiger partial charge in [0.1, 0.15) is 5.92 Å². The standard InChI is InChI=1S/C12H16BrNO2S/c13-11-5-4-10(17-11)9(12(15)16)8-14-6-2-1-3-7-14/h4-5,9H,1-3,6-8H2,(H,15,16). The molecule has 2 rings (SSSR count). The summed E-state index contributed by atoms with van der Waals surface area (Å²) < 4.78 is 0.998. The van der Waals surface area contributed by atoms with Gasteiger partial charge in [-0.15, -0.1) is 11.3 Å². The first kappa shape index (κ1) is 13.1. The van der Waals surface area contributed by atoms with Crippen molar-refractivity contribution in [2.24, 2.45) is 0 Å². The molecule has 1 saturated heterocycles. The van der Waals surface area contributed by atoms with E-state index < -0.39 is 5.97 Å². The average molecular weight is 318 g/mol. The van der Waals surface area contributed by atoms with E-state index in [0.717, 1.165) is 21.8 Å². The number of carboxylic acid groups (broad SMARTS) is 1. The van der Waals surface area contributed by atoms with Crippen molar-refractivity contribution >= 4 is 33.2 Å². The first-order valence-electron chi connectivity index (χ1n) is 5.87. The van der Waals surface area contributed by atoms with Crippen LogP contribution in [-0.4, -0.2) is 35.6 Å². The first-order chi connectivity index (χ1) is 8.16. The van der Waals surface area contributed by atoms with E-state index >= 15 is 0 Å². The molecule has 0 saturated carbocycles. The minimum Gasteiger partial charge on any atom is -0.481 e. The van der Waals surface area contributed by atoms with E-state index in [1.807, 2.05) is 12.1 Å². The molecule has 0 amide bonds. The van der Waals surface area contributed by atoms with E-state index in [1.165, 1.54) is 30.6 Å². The predicted molar refractivity (Wildman–Crippen MR) is 72.7 cm³/mol. The van der Waals surface area contributed by atoms with E-state index in [-0.39, 0.29) is 5.92 Å². The fourth-order valence-electron chi connectivity index (χ4n) is 2.21. The van der Waals surface area contributed by atoms with Crippen LogP contribution in [0.2, 0.25) is 0 Å². The average Bonchev–Trinajstić information content (AvgIpc) is 2.73. The summed E-state index contributed by atoms with van der Waals surface area (Å²) in [5.41, 5.74) is 0. The van der Waals surface area contributed by atoms with Crippen LogP contribution in [0.1, 0.15) is 30.1 Å². The summed E-state index contributed by atoms with van der Waals surface area (Å²) in [5, 5.41) is 9.33. The number of aliphatic carboxylic acids is 1.